The van der Waals surface area contributed by atoms with Gasteiger partial charge in [-0.25, -0.2) is 8.78 Å². The summed E-state index contributed by atoms with van der Waals surface area (Å²) in [5, 5.41) is 0. The van der Waals surface area contributed by atoms with Crippen molar-refractivity contribution in [3.05, 3.63) is 23.3 Å². The van der Waals surface area contributed by atoms with E-state index < -0.39 is 12.8 Å². The number of anilines is 1. The van der Waals surface area contributed by atoms with Crippen molar-refractivity contribution >= 4 is 11.5 Å². The molecule has 0 saturated heterocycles. The fraction of sp³-hybridized carbons (Fsp3) is 0.462. The lowest BCUT2D eigenvalue weighted by atomic mass is 9.97. The summed E-state index contributed by atoms with van der Waals surface area (Å²) in [4.78, 5) is 12.0. The number of methoxy groups -OCH3 is 1. The van der Waals surface area contributed by atoms with Crippen LogP contribution >= 0.6 is 0 Å². The van der Waals surface area contributed by atoms with E-state index in [0.717, 1.165) is 0 Å². The van der Waals surface area contributed by atoms with Gasteiger partial charge >= 0.3 is 0 Å². The number of nitrogens with two attached hydrogens (primary N) is 1. The minimum Gasteiger partial charge on any atom is -0.496 e. The second kappa shape index (κ2) is 6.33. The standard InChI is InChI=1S/C13H17F2NO2/c1-3-4-10(17)13-8(6-12(14)15)5-9(16)7-11(13)18-2/h5,7,12H,3-4,6,16H2,1-2H3. The van der Waals surface area contributed by atoms with Crippen LogP contribution in [0.4, 0.5) is 14.5 Å². The average molecular weight is 257 g/mol. The maximum Gasteiger partial charge on any atom is 0.242 e. The van der Waals surface area contributed by atoms with Crippen LogP contribution in [0.15, 0.2) is 12.1 Å². The van der Waals surface area contributed by atoms with Gasteiger partial charge in [-0.05, 0) is 18.1 Å². The SMILES string of the molecule is CCCC(=O)c1c(CC(F)F)cc(N)cc1OC. The Hall–Kier alpha value is -1.65. The maximum atomic E-state index is 12.5. The van der Waals surface area contributed by atoms with Gasteiger partial charge < -0.3 is 10.5 Å². The third kappa shape index (κ3) is 3.42. The highest BCUT2D eigenvalue weighted by molar-refractivity contribution is 6.00. The lowest BCUT2D eigenvalue weighted by Gasteiger charge is -2.14. The summed E-state index contributed by atoms with van der Waals surface area (Å²) in [7, 11) is 1.39. The molecule has 0 aromatic heterocycles. The van der Waals surface area contributed by atoms with E-state index >= 15 is 0 Å². The van der Waals surface area contributed by atoms with Crippen molar-refractivity contribution in [3.8, 4) is 5.75 Å². The van der Waals surface area contributed by atoms with Crippen LogP contribution < -0.4 is 10.5 Å². The first-order valence-electron chi connectivity index (χ1n) is 5.77. The van der Waals surface area contributed by atoms with Crippen molar-refractivity contribution < 1.29 is 18.3 Å². The highest BCUT2D eigenvalue weighted by atomic mass is 19.3. The molecule has 0 aliphatic carbocycles. The molecule has 0 unspecified atom stereocenters. The Kier molecular flexibility index (Phi) is 5.07. The van der Waals surface area contributed by atoms with Crippen LogP contribution in [-0.4, -0.2) is 19.3 Å². The van der Waals surface area contributed by atoms with E-state index in [1.54, 1.807) is 0 Å². The van der Waals surface area contributed by atoms with E-state index in [-0.39, 0.29) is 22.7 Å². The molecule has 0 radical (unpaired) electrons. The van der Waals surface area contributed by atoms with Gasteiger partial charge in [-0.1, -0.05) is 6.92 Å². The third-order valence-electron chi connectivity index (χ3n) is 2.56. The summed E-state index contributed by atoms with van der Waals surface area (Å²) in [5.74, 6) is 0.0779. The van der Waals surface area contributed by atoms with E-state index in [1.807, 2.05) is 6.92 Å². The number of benzene rings is 1. The zero-order chi connectivity index (χ0) is 13.7. The first-order chi connectivity index (χ1) is 8.49. The number of ketones is 1. The molecule has 0 fully saturated rings. The topological polar surface area (TPSA) is 52.3 Å². The molecule has 0 atom stereocenters. The normalized spacial score (nSPS) is 10.7. The van der Waals surface area contributed by atoms with Gasteiger partial charge in [0.05, 0.1) is 12.7 Å². The lowest BCUT2D eigenvalue weighted by molar-refractivity contribution is 0.0976. The predicted octanol–water partition coefficient (Wildman–Crippen LogP) is 3.07. The number of carbonyl (C=O) groups excluding carboxylic acids is 1. The molecule has 1 aromatic carbocycles. The number of hydrogen-bond donors (Lipinski definition) is 1. The molecule has 1 aromatic rings. The van der Waals surface area contributed by atoms with E-state index in [0.29, 0.717) is 18.5 Å². The fourth-order valence-electron chi connectivity index (χ4n) is 1.85. The third-order valence-corrected chi connectivity index (χ3v) is 2.56. The molecule has 3 nitrogen and oxygen atoms in total. The molecule has 0 saturated carbocycles. The summed E-state index contributed by atoms with van der Waals surface area (Å²) in [6.45, 7) is 1.86. The molecule has 0 bridgehead atoms. The Morgan fingerprint density at radius 3 is 2.61 bits per heavy atom. The van der Waals surface area contributed by atoms with Crippen molar-refractivity contribution in [3.63, 3.8) is 0 Å². The minimum atomic E-state index is -2.52. The van der Waals surface area contributed by atoms with E-state index in [9.17, 15) is 13.6 Å². The summed E-state index contributed by atoms with van der Waals surface area (Å²) >= 11 is 0. The molecular formula is C13H17F2NO2. The monoisotopic (exact) mass is 257 g/mol. The highest BCUT2D eigenvalue weighted by Gasteiger charge is 2.20. The van der Waals surface area contributed by atoms with Gasteiger partial charge in [0.25, 0.3) is 0 Å². The van der Waals surface area contributed by atoms with Gasteiger partial charge in [-0.2, -0.15) is 0 Å². The first kappa shape index (κ1) is 14.4. The quantitative estimate of drug-likeness (QED) is 0.629. The van der Waals surface area contributed by atoms with Crippen LogP contribution in [0.5, 0.6) is 5.75 Å². The molecule has 0 aliphatic rings. The zero-order valence-corrected chi connectivity index (χ0v) is 10.5. The molecule has 0 amide bonds. The first-order valence-corrected chi connectivity index (χ1v) is 5.77. The molecule has 100 valence electrons. The van der Waals surface area contributed by atoms with Gasteiger partial charge in [0.2, 0.25) is 6.43 Å². The second-order valence-corrected chi connectivity index (χ2v) is 4.03. The second-order valence-electron chi connectivity index (χ2n) is 4.03. The Balaban J connectivity index is 3.27. The largest absolute Gasteiger partial charge is 0.496 e. The Labute approximate surface area is 105 Å². The van der Waals surface area contributed by atoms with Crippen molar-refractivity contribution in [1.29, 1.82) is 0 Å². The summed E-state index contributed by atoms with van der Waals surface area (Å²) in [6, 6.07) is 2.90. The van der Waals surface area contributed by atoms with Crippen LogP contribution in [0.3, 0.4) is 0 Å². The Morgan fingerprint density at radius 2 is 2.11 bits per heavy atom. The molecular weight excluding hydrogens is 240 g/mol. The minimum absolute atomic E-state index is 0.190. The van der Waals surface area contributed by atoms with Crippen LogP contribution in [0.2, 0.25) is 0 Å². The molecule has 0 aliphatic heterocycles. The van der Waals surface area contributed by atoms with E-state index in [4.69, 9.17) is 10.5 Å². The molecule has 0 spiro atoms. The van der Waals surface area contributed by atoms with Crippen LogP contribution in [0.1, 0.15) is 35.7 Å². The van der Waals surface area contributed by atoms with E-state index in [2.05, 4.69) is 0 Å². The van der Waals surface area contributed by atoms with Crippen molar-refractivity contribution in [2.75, 3.05) is 12.8 Å². The number of hydrogen-bond acceptors (Lipinski definition) is 3. The number of Topliss-reactive ketones (excluding diaryl/α,β-unsaturated/α-hetero) is 1. The van der Waals surface area contributed by atoms with Crippen molar-refractivity contribution in [2.45, 2.75) is 32.6 Å². The maximum absolute atomic E-state index is 12.5. The fourth-order valence-corrected chi connectivity index (χ4v) is 1.85. The highest BCUT2D eigenvalue weighted by Crippen LogP contribution is 2.29. The van der Waals surface area contributed by atoms with Crippen molar-refractivity contribution in [1.82, 2.24) is 0 Å². The molecule has 1 rings (SSSR count). The lowest BCUT2D eigenvalue weighted by Crippen LogP contribution is -2.10. The summed E-state index contributed by atoms with van der Waals surface area (Å²) in [5.41, 5.74) is 6.41. The van der Waals surface area contributed by atoms with Gasteiger partial charge in [0.15, 0.2) is 5.78 Å². The van der Waals surface area contributed by atoms with Gasteiger partial charge in [0.1, 0.15) is 5.75 Å². The Bertz CT molecular complexity index is 433. The number of carbonyl (C=O) groups is 1. The molecule has 5 heteroatoms. The van der Waals surface area contributed by atoms with Crippen LogP contribution in [-0.2, 0) is 6.42 Å². The van der Waals surface area contributed by atoms with Crippen molar-refractivity contribution in [2.24, 2.45) is 0 Å². The molecule has 2 N–H and O–H groups in total. The van der Waals surface area contributed by atoms with Gasteiger partial charge in [-0.15, -0.1) is 0 Å². The summed E-state index contributed by atoms with van der Waals surface area (Å²) < 4.78 is 30.1. The smallest absolute Gasteiger partial charge is 0.242 e. The predicted molar refractivity (Wildman–Crippen MR) is 66.4 cm³/mol. The van der Waals surface area contributed by atoms with Gasteiger partial charge in [-0.3, -0.25) is 4.79 Å². The number of rotatable bonds is 6. The van der Waals surface area contributed by atoms with Gasteiger partial charge in [0, 0.05) is 24.6 Å². The molecule has 18 heavy (non-hydrogen) atoms. The number of ether oxygens (including phenoxy) is 1. The Morgan fingerprint density at radius 1 is 1.44 bits per heavy atom. The summed E-state index contributed by atoms with van der Waals surface area (Å²) in [6.07, 6.45) is -2.06. The number of halogens is 2. The number of nitrogen functional groups attached to an aromatic ring is 1. The van der Waals surface area contributed by atoms with Crippen LogP contribution in [0, 0.1) is 0 Å². The van der Waals surface area contributed by atoms with E-state index in [1.165, 1.54) is 19.2 Å². The zero-order valence-electron chi connectivity index (χ0n) is 10.5. The number of alkyl halides is 2. The van der Waals surface area contributed by atoms with Crippen LogP contribution in [0.25, 0.3) is 0 Å². The average Bonchev–Trinajstić information content (AvgIpc) is 2.27. The molecule has 0 heterocycles.